The lowest BCUT2D eigenvalue weighted by atomic mass is 10.2. The molecule has 0 aliphatic rings. The molecular weight excluding hydrogens is 379 g/mol. The largest absolute Gasteiger partial charge is 0.389 e. The van der Waals surface area contributed by atoms with E-state index in [0.717, 1.165) is 6.07 Å². The number of nitrogens with one attached hydrogen (secondary N) is 1. The van der Waals surface area contributed by atoms with Crippen LogP contribution in [0.15, 0.2) is 51.8 Å². The third-order valence-corrected chi connectivity index (χ3v) is 5.24. The van der Waals surface area contributed by atoms with Gasteiger partial charge in [-0.2, -0.15) is 0 Å². The van der Waals surface area contributed by atoms with Crippen LogP contribution in [0.4, 0.5) is 10.1 Å². The number of halogens is 2. The third kappa shape index (κ3) is 3.58. The van der Waals surface area contributed by atoms with E-state index in [4.69, 9.17) is 18.0 Å². The summed E-state index contributed by atoms with van der Waals surface area (Å²) in [4.78, 5) is 0.0527. The third-order valence-electron chi connectivity index (χ3n) is 2.62. The first-order chi connectivity index (χ1) is 9.81. The molecule has 0 spiro atoms. The van der Waals surface area contributed by atoms with Crippen LogP contribution < -0.4 is 10.5 Å². The van der Waals surface area contributed by atoms with Gasteiger partial charge >= 0.3 is 0 Å². The number of hydrogen-bond donors (Lipinski definition) is 2. The molecule has 0 fully saturated rings. The second-order valence-electron chi connectivity index (χ2n) is 4.09. The molecule has 2 rings (SSSR count). The van der Waals surface area contributed by atoms with E-state index in [0.29, 0.717) is 10.0 Å². The van der Waals surface area contributed by atoms with E-state index >= 15 is 0 Å². The van der Waals surface area contributed by atoms with Crippen molar-refractivity contribution in [2.75, 3.05) is 4.72 Å². The minimum atomic E-state index is -3.90. The van der Waals surface area contributed by atoms with E-state index < -0.39 is 15.8 Å². The molecule has 21 heavy (non-hydrogen) atoms. The first kappa shape index (κ1) is 15.9. The smallest absolute Gasteiger partial charge is 0.263 e. The number of sulfonamides is 1. The van der Waals surface area contributed by atoms with Gasteiger partial charge < -0.3 is 5.73 Å². The highest BCUT2D eigenvalue weighted by Gasteiger charge is 2.19. The van der Waals surface area contributed by atoms with E-state index in [1.165, 1.54) is 18.2 Å². The van der Waals surface area contributed by atoms with Gasteiger partial charge in [0, 0.05) is 10.0 Å². The maximum absolute atomic E-state index is 13.9. The monoisotopic (exact) mass is 388 g/mol. The standard InChI is InChI=1S/C13H10BrFN2O2S2/c14-9-3-1-2-4-12(9)21(18,19)17-11-6-5-8(13(16)20)7-10(11)15/h1-7,17H,(H2,16,20). The summed E-state index contributed by atoms with van der Waals surface area (Å²) in [5.41, 5.74) is 5.54. The van der Waals surface area contributed by atoms with Crippen molar-refractivity contribution in [2.24, 2.45) is 5.73 Å². The van der Waals surface area contributed by atoms with Crippen molar-refractivity contribution in [3.8, 4) is 0 Å². The van der Waals surface area contributed by atoms with Crippen LogP contribution in [0.5, 0.6) is 0 Å². The lowest BCUT2D eigenvalue weighted by molar-refractivity contribution is 0.598. The summed E-state index contributed by atoms with van der Waals surface area (Å²) in [6.07, 6.45) is 0. The molecule has 0 saturated heterocycles. The highest BCUT2D eigenvalue weighted by atomic mass is 79.9. The number of hydrogen-bond acceptors (Lipinski definition) is 3. The molecule has 0 unspecified atom stereocenters. The van der Waals surface area contributed by atoms with Gasteiger partial charge in [0.25, 0.3) is 10.0 Å². The molecular formula is C13H10BrFN2O2S2. The molecule has 4 nitrogen and oxygen atoms in total. The average Bonchev–Trinajstić information content (AvgIpc) is 2.41. The molecule has 0 heterocycles. The van der Waals surface area contributed by atoms with Crippen LogP contribution in [0.1, 0.15) is 5.56 Å². The van der Waals surface area contributed by atoms with Gasteiger partial charge in [-0.05, 0) is 46.3 Å². The second-order valence-corrected chi connectivity index (χ2v) is 7.04. The van der Waals surface area contributed by atoms with E-state index in [2.05, 4.69) is 20.7 Å². The molecule has 0 saturated carbocycles. The molecule has 2 aromatic carbocycles. The molecule has 0 aliphatic heterocycles. The van der Waals surface area contributed by atoms with E-state index in [1.807, 2.05) is 0 Å². The van der Waals surface area contributed by atoms with E-state index in [9.17, 15) is 12.8 Å². The van der Waals surface area contributed by atoms with Crippen LogP contribution in [0.25, 0.3) is 0 Å². The number of anilines is 1. The summed E-state index contributed by atoms with van der Waals surface area (Å²) in [6, 6.07) is 10.1. The SMILES string of the molecule is NC(=S)c1ccc(NS(=O)(=O)c2ccccc2Br)c(F)c1. The van der Waals surface area contributed by atoms with Crippen LogP contribution in [0.3, 0.4) is 0 Å². The van der Waals surface area contributed by atoms with Crippen molar-refractivity contribution in [1.29, 1.82) is 0 Å². The van der Waals surface area contributed by atoms with E-state index in [1.54, 1.807) is 18.2 Å². The lowest BCUT2D eigenvalue weighted by Crippen LogP contribution is -2.15. The van der Waals surface area contributed by atoms with Crippen molar-refractivity contribution in [3.63, 3.8) is 0 Å². The van der Waals surface area contributed by atoms with Crippen molar-refractivity contribution in [2.45, 2.75) is 4.90 Å². The first-order valence-electron chi connectivity index (χ1n) is 5.68. The van der Waals surface area contributed by atoms with Gasteiger partial charge in [-0.15, -0.1) is 0 Å². The van der Waals surface area contributed by atoms with Crippen molar-refractivity contribution >= 4 is 48.8 Å². The fourth-order valence-corrected chi connectivity index (χ4v) is 3.81. The Balaban J connectivity index is 2.38. The molecule has 110 valence electrons. The Morgan fingerprint density at radius 3 is 2.48 bits per heavy atom. The normalized spacial score (nSPS) is 11.1. The Morgan fingerprint density at radius 1 is 1.24 bits per heavy atom. The zero-order valence-electron chi connectivity index (χ0n) is 10.5. The minimum absolute atomic E-state index is 0.0165. The molecule has 0 aliphatic carbocycles. The van der Waals surface area contributed by atoms with Crippen LogP contribution in [0, 0.1) is 5.82 Å². The Bertz CT molecular complexity index is 810. The van der Waals surface area contributed by atoms with Gasteiger partial charge in [0.1, 0.15) is 15.7 Å². The maximum Gasteiger partial charge on any atom is 0.263 e. The molecule has 8 heteroatoms. The predicted molar refractivity (Wildman–Crippen MR) is 87.2 cm³/mol. The summed E-state index contributed by atoms with van der Waals surface area (Å²) in [6.45, 7) is 0. The van der Waals surface area contributed by atoms with Crippen LogP contribution in [-0.2, 0) is 10.0 Å². The summed E-state index contributed by atoms with van der Waals surface area (Å²) in [7, 11) is -3.90. The Morgan fingerprint density at radius 2 is 1.90 bits per heavy atom. The number of nitrogens with two attached hydrogens (primary N) is 1. The highest BCUT2D eigenvalue weighted by molar-refractivity contribution is 9.10. The zero-order valence-corrected chi connectivity index (χ0v) is 13.7. The summed E-state index contributed by atoms with van der Waals surface area (Å²) >= 11 is 7.88. The average molecular weight is 389 g/mol. The van der Waals surface area contributed by atoms with Crippen LogP contribution in [0.2, 0.25) is 0 Å². The minimum Gasteiger partial charge on any atom is -0.389 e. The number of thiocarbonyl (C=S) groups is 1. The summed E-state index contributed by atoms with van der Waals surface area (Å²) < 4.78 is 41.0. The molecule has 2 aromatic rings. The predicted octanol–water partition coefficient (Wildman–Crippen LogP) is 3.02. The molecule has 0 atom stereocenters. The van der Waals surface area contributed by atoms with Crippen LogP contribution >= 0.6 is 28.1 Å². The molecule has 0 aromatic heterocycles. The van der Waals surface area contributed by atoms with Crippen LogP contribution in [-0.4, -0.2) is 13.4 Å². The first-order valence-corrected chi connectivity index (χ1v) is 8.36. The van der Waals surface area contributed by atoms with Gasteiger partial charge in [-0.3, -0.25) is 4.72 Å². The summed E-state index contributed by atoms with van der Waals surface area (Å²) in [5, 5.41) is 0. The second kappa shape index (κ2) is 6.08. The zero-order chi connectivity index (χ0) is 15.6. The van der Waals surface area contributed by atoms with Gasteiger partial charge in [0.15, 0.2) is 0 Å². The van der Waals surface area contributed by atoms with Crippen molar-refractivity contribution in [3.05, 3.63) is 58.3 Å². The summed E-state index contributed by atoms with van der Waals surface area (Å²) in [5.74, 6) is -0.754. The quantitative estimate of drug-likeness (QED) is 0.789. The van der Waals surface area contributed by atoms with Gasteiger partial charge in [-0.1, -0.05) is 24.4 Å². The topological polar surface area (TPSA) is 72.2 Å². The van der Waals surface area contributed by atoms with Crippen molar-refractivity contribution < 1.29 is 12.8 Å². The molecule has 0 bridgehead atoms. The lowest BCUT2D eigenvalue weighted by Gasteiger charge is -2.11. The Hall–Kier alpha value is -1.51. The molecule has 0 amide bonds. The van der Waals surface area contributed by atoms with Gasteiger partial charge in [-0.25, -0.2) is 12.8 Å². The Labute approximate surface area is 135 Å². The fraction of sp³-hybridized carbons (Fsp3) is 0. The van der Waals surface area contributed by atoms with E-state index in [-0.39, 0.29) is 15.6 Å². The number of rotatable bonds is 4. The highest BCUT2D eigenvalue weighted by Crippen LogP contribution is 2.25. The van der Waals surface area contributed by atoms with Gasteiger partial charge in [0.05, 0.1) is 5.69 Å². The fourth-order valence-electron chi connectivity index (χ4n) is 1.61. The van der Waals surface area contributed by atoms with Gasteiger partial charge in [0.2, 0.25) is 0 Å². The Kier molecular flexibility index (Phi) is 4.60. The number of benzene rings is 2. The van der Waals surface area contributed by atoms with Crippen molar-refractivity contribution in [1.82, 2.24) is 0 Å². The molecule has 0 radical (unpaired) electrons. The molecule has 3 N–H and O–H groups in total. The maximum atomic E-state index is 13.9.